The highest BCUT2D eigenvalue weighted by molar-refractivity contribution is 7.89. The summed E-state index contributed by atoms with van der Waals surface area (Å²) in [7, 11) is -3.77. The molecule has 28 heavy (non-hydrogen) atoms. The van der Waals surface area contributed by atoms with E-state index in [0.29, 0.717) is 18.7 Å². The van der Waals surface area contributed by atoms with Crippen LogP contribution >= 0.6 is 0 Å². The van der Waals surface area contributed by atoms with E-state index in [2.05, 4.69) is 10.5 Å². The van der Waals surface area contributed by atoms with Gasteiger partial charge in [0, 0.05) is 19.2 Å². The van der Waals surface area contributed by atoms with Gasteiger partial charge in [0.1, 0.15) is 5.69 Å². The number of hydrogen-bond acceptors (Lipinski definition) is 8. The van der Waals surface area contributed by atoms with E-state index in [9.17, 15) is 28.7 Å². The van der Waals surface area contributed by atoms with Crippen molar-refractivity contribution >= 4 is 27.6 Å². The predicted octanol–water partition coefficient (Wildman–Crippen LogP) is 2.24. The van der Waals surface area contributed by atoms with Crippen LogP contribution in [0, 0.1) is 10.1 Å². The second-order valence-corrected chi connectivity index (χ2v) is 8.10. The van der Waals surface area contributed by atoms with E-state index < -0.39 is 20.6 Å². The SMILES string of the molecule is O=[N+]([O-])c1cc(S(=O)(=O)N2CCCC2)ccc1NN=Cc1ccc(O)c(O)c1. The Kier molecular flexibility index (Phi) is 5.47. The normalized spacial score (nSPS) is 15.1. The summed E-state index contributed by atoms with van der Waals surface area (Å²) in [5.41, 5.74) is 2.54. The molecule has 148 valence electrons. The third-order valence-electron chi connectivity index (χ3n) is 4.27. The summed E-state index contributed by atoms with van der Waals surface area (Å²) < 4.78 is 26.5. The Bertz CT molecular complexity index is 1030. The zero-order valence-corrected chi connectivity index (χ0v) is 15.5. The second kappa shape index (κ2) is 7.82. The van der Waals surface area contributed by atoms with Crippen molar-refractivity contribution in [1.82, 2.24) is 4.31 Å². The standard InChI is InChI=1S/C17H18N4O6S/c22-16-6-3-12(9-17(16)23)11-18-19-14-5-4-13(10-15(14)21(24)25)28(26,27)20-7-1-2-8-20/h3-6,9-11,19,22-23H,1-2,7-8H2. The highest BCUT2D eigenvalue weighted by Gasteiger charge is 2.29. The largest absolute Gasteiger partial charge is 0.504 e. The van der Waals surface area contributed by atoms with Crippen molar-refractivity contribution in [2.24, 2.45) is 5.10 Å². The molecule has 11 heteroatoms. The van der Waals surface area contributed by atoms with E-state index in [1.165, 1.54) is 40.9 Å². The number of nitro benzene ring substituents is 1. The van der Waals surface area contributed by atoms with Gasteiger partial charge < -0.3 is 10.2 Å². The van der Waals surface area contributed by atoms with E-state index in [-0.39, 0.29) is 22.1 Å². The third-order valence-corrected chi connectivity index (χ3v) is 6.16. The first-order valence-corrected chi connectivity index (χ1v) is 9.83. The molecule has 2 aromatic carbocycles. The van der Waals surface area contributed by atoms with Crippen molar-refractivity contribution in [3.05, 3.63) is 52.1 Å². The van der Waals surface area contributed by atoms with Crippen molar-refractivity contribution in [1.29, 1.82) is 0 Å². The summed E-state index contributed by atoms with van der Waals surface area (Å²) in [6.45, 7) is 0.805. The van der Waals surface area contributed by atoms with E-state index >= 15 is 0 Å². The van der Waals surface area contributed by atoms with Crippen molar-refractivity contribution < 1.29 is 23.6 Å². The van der Waals surface area contributed by atoms with Gasteiger partial charge in [-0.15, -0.1) is 0 Å². The second-order valence-electron chi connectivity index (χ2n) is 6.17. The molecule has 1 heterocycles. The van der Waals surface area contributed by atoms with Crippen LogP contribution in [0.15, 0.2) is 46.4 Å². The highest BCUT2D eigenvalue weighted by Crippen LogP contribution is 2.30. The van der Waals surface area contributed by atoms with Crippen LogP contribution < -0.4 is 5.43 Å². The Hall–Kier alpha value is -3.18. The molecule has 10 nitrogen and oxygen atoms in total. The number of nitrogens with one attached hydrogen (secondary N) is 1. The number of phenols is 2. The average Bonchev–Trinajstić information content (AvgIpc) is 3.20. The van der Waals surface area contributed by atoms with Gasteiger partial charge in [-0.25, -0.2) is 8.42 Å². The third kappa shape index (κ3) is 4.05. The number of sulfonamides is 1. The summed E-state index contributed by atoms with van der Waals surface area (Å²) in [4.78, 5) is 10.6. The molecule has 0 bridgehead atoms. The molecule has 3 N–H and O–H groups in total. The van der Waals surface area contributed by atoms with Crippen LogP contribution in [-0.4, -0.2) is 47.2 Å². The minimum atomic E-state index is -3.77. The number of phenolic OH excluding ortho intramolecular Hbond substituents is 2. The summed E-state index contributed by atoms with van der Waals surface area (Å²) in [5.74, 6) is -0.609. The molecule has 2 aromatic rings. The molecule has 3 rings (SSSR count). The maximum absolute atomic E-state index is 12.6. The van der Waals surface area contributed by atoms with Gasteiger partial charge in [0.05, 0.1) is 16.0 Å². The summed E-state index contributed by atoms with van der Waals surface area (Å²) in [6, 6.07) is 7.62. The number of nitrogens with zero attached hydrogens (tertiary/aromatic N) is 3. The molecule has 0 aliphatic carbocycles. The molecule has 0 aromatic heterocycles. The zero-order valence-electron chi connectivity index (χ0n) is 14.6. The molecule has 1 fully saturated rings. The minimum Gasteiger partial charge on any atom is -0.504 e. The molecule has 0 saturated carbocycles. The van der Waals surface area contributed by atoms with Crippen LogP contribution in [0.25, 0.3) is 0 Å². The maximum atomic E-state index is 12.6. The number of hydrogen-bond donors (Lipinski definition) is 3. The summed E-state index contributed by atoms with van der Waals surface area (Å²) in [6.07, 6.45) is 2.82. The quantitative estimate of drug-likeness (QED) is 0.289. The van der Waals surface area contributed by atoms with Gasteiger partial charge in [0.2, 0.25) is 10.0 Å². The molecular formula is C17H18N4O6S. The smallest absolute Gasteiger partial charge is 0.295 e. The number of hydrazone groups is 1. The lowest BCUT2D eigenvalue weighted by atomic mass is 10.2. The van der Waals surface area contributed by atoms with Crippen molar-refractivity contribution in [2.45, 2.75) is 17.7 Å². The van der Waals surface area contributed by atoms with Gasteiger partial charge in [-0.3, -0.25) is 15.5 Å². The first kappa shape index (κ1) is 19.6. The van der Waals surface area contributed by atoms with E-state index in [1.807, 2.05) is 0 Å². The van der Waals surface area contributed by atoms with Crippen LogP contribution in [0.3, 0.4) is 0 Å². The number of nitro groups is 1. The zero-order chi connectivity index (χ0) is 20.3. The Morgan fingerprint density at radius 1 is 1.11 bits per heavy atom. The van der Waals surface area contributed by atoms with Gasteiger partial charge in [0.15, 0.2) is 11.5 Å². The lowest BCUT2D eigenvalue weighted by Gasteiger charge is -2.15. The fourth-order valence-corrected chi connectivity index (χ4v) is 4.33. The fourth-order valence-electron chi connectivity index (χ4n) is 2.79. The molecule has 1 aliphatic rings. The van der Waals surface area contributed by atoms with Gasteiger partial charge >= 0.3 is 0 Å². The summed E-state index contributed by atoms with van der Waals surface area (Å²) >= 11 is 0. The number of benzene rings is 2. The highest BCUT2D eigenvalue weighted by atomic mass is 32.2. The lowest BCUT2D eigenvalue weighted by molar-refractivity contribution is -0.384. The Labute approximate surface area is 160 Å². The van der Waals surface area contributed by atoms with Crippen molar-refractivity contribution in [3.8, 4) is 11.5 Å². The van der Waals surface area contributed by atoms with Gasteiger partial charge in [0.25, 0.3) is 5.69 Å². The average molecular weight is 406 g/mol. The van der Waals surface area contributed by atoms with Crippen LogP contribution in [0.2, 0.25) is 0 Å². The van der Waals surface area contributed by atoms with E-state index in [1.54, 1.807) is 0 Å². The molecule has 0 unspecified atom stereocenters. The number of aromatic hydroxyl groups is 2. The fraction of sp³-hybridized carbons (Fsp3) is 0.235. The van der Waals surface area contributed by atoms with Crippen LogP contribution in [0.1, 0.15) is 18.4 Å². The molecule has 0 atom stereocenters. The van der Waals surface area contributed by atoms with Gasteiger partial charge in [-0.05, 0) is 48.7 Å². The maximum Gasteiger partial charge on any atom is 0.295 e. The van der Waals surface area contributed by atoms with E-state index in [0.717, 1.165) is 18.9 Å². The molecule has 0 spiro atoms. The minimum absolute atomic E-state index is 0.0182. The monoisotopic (exact) mass is 406 g/mol. The molecule has 0 radical (unpaired) electrons. The van der Waals surface area contributed by atoms with Crippen LogP contribution in [-0.2, 0) is 10.0 Å². The number of anilines is 1. The Morgan fingerprint density at radius 2 is 1.82 bits per heavy atom. The van der Waals surface area contributed by atoms with Crippen molar-refractivity contribution in [3.63, 3.8) is 0 Å². The Morgan fingerprint density at radius 3 is 2.46 bits per heavy atom. The van der Waals surface area contributed by atoms with Gasteiger partial charge in [-0.2, -0.15) is 9.41 Å². The molecule has 1 aliphatic heterocycles. The summed E-state index contributed by atoms with van der Waals surface area (Å²) in [5, 5.41) is 34.0. The van der Waals surface area contributed by atoms with Gasteiger partial charge in [-0.1, -0.05) is 0 Å². The molecule has 0 amide bonds. The molecular weight excluding hydrogens is 388 g/mol. The van der Waals surface area contributed by atoms with Crippen LogP contribution in [0.5, 0.6) is 11.5 Å². The lowest BCUT2D eigenvalue weighted by Crippen LogP contribution is -2.27. The first-order valence-electron chi connectivity index (χ1n) is 8.39. The Balaban J connectivity index is 1.84. The molecule has 1 saturated heterocycles. The van der Waals surface area contributed by atoms with E-state index in [4.69, 9.17) is 0 Å². The van der Waals surface area contributed by atoms with Crippen LogP contribution in [0.4, 0.5) is 11.4 Å². The first-order chi connectivity index (χ1) is 13.3. The van der Waals surface area contributed by atoms with Crippen molar-refractivity contribution in [2.75, 3.05) is 18.5 Å². The number of rotatable bonds is 6. The topological polar surface area (TPSA) is 145 Å². The predicted molar refractivity (Wildman–Crippen MR) is 102 cm³/mol.